The van der Waals surface area contributed by atoms with E-state index in [1.165, 1.54) is 6.20 Å². The molecule has 11 nitrogen and oxygen atoms in total. The summed E-state index contributed by atoms with van der Waals surface area (Å²) in [5, 5.41) is 0. The number of pyridine rings is 1. The van der Waals surface area contributed by atoms with E-state index < -0.39 is 10.0 Å². The molecule has 0 spiro atoms. The number of para-hydroxylation sites is 1. The molecule has 200 valence electrons. The second kappa shape index (κ2) is 10.4. The Morgan fingerprint density at radius 3 is 2.39 bits per heavy atom. The Labute approximate surface area is 221 Å². The second-order valence-electron chi connectivity index (χ2n) is 9.30. The smallest absolute Gasteiger partial charge is 0.234 e. The number of nitrogens with one attached hydrogen (secondary N) is 1. The first kappa shape index (κ1) is 25.7. The van der Waals surface area contributed by atoms with E-state index in [0.29, 0.717) is 58.4 Å². The molecule has 0 saturated heterocycles. The maximum atomic E-state index is 12.9. The zero-order valence-electron chi connectivity index (χ0n) is 21.7. The molecule has 0 atom stereocenters. The quantitative estimate of drug-likeness (QED) is 0.317. The molecule has 5 rings (SSSR count). The fourth-order valence-corrected chi connectivity index (χ4v) is 6.21. The van der Waals surface area contributed by atoms with Gasteiger partial charge in [-0.3, -0.25) is 9.29 Å². The number of sulfonamides is 1. The predicted molar refractivity (Wildman–Crippen MR) is 143 cm³/mol. The molecule has 0 aliphatic heterocycles. The van der Waals surface area contributed by atoms with E-state index in [9.17, 15) is 8.42 Å². The van der Waals surface area contributed by atoms with Gasteiger partial charge >= 0.3 is 0 Å². The van der Waals surface area contributed by atoms with E-state index in [-0.39, 0.29) is 17.5 Å². The van der Waals surface area contributed by atoms with Gasteiger partial charge in [0.15, 0.2) is 22.9 Å². The van der Waals surface area contributed by atoms with Gasteiger partial charge in [0.05, 0.1) is 32.8 Å². The summed E-state index contributed by atoms with van der Waals surface area (Å²) in [5.74, 6) is 2.71. The van der Waals surface area contributed by atoms with E-state index in [1.807, 2.05) is 13.0 Å². The Kier molecular flexibility index (Phi) is 7.06. The van der Waals surface area contributed by atoms with Crippen LogP contribution in [-0.2, 0) is 10.0 Å². The maximum absolute atomic E-state index is 12.9. The molecule has 1 saturated carbocycles. The van der Waals surface area contributed by atoms with Gasteiger partial charge in [0.1, 0.15) is 22.9 Å². The molecule has 3 heterocycles. The number of hydrogen-bond donors (Lipinski definition) is 1. The third-order valence-electron chi connectivity index (χ3n) is 6.43. The lowest BCUT2D eigenvalue weighted by molar-refractivity contribution is 0.235. The highest BCUT2D eigenvalue weighted by Crippen LogP contribution is 2.38. The Morgan fingerprint density at radius 1 is 1.03 bits per heavy atom. The van der Waals surface area contributed by atoms with Crippen LogP contribution in [0.15, 0.2) is 42.6 Å². The topological polar surface area (TPSA) is 130 Å². The minimum Gasteiger partial charge on any atom is -0.494 e. The van der Waals surface area contributed by atoms with E-state index in [0.717, 1.165) is 12.8 Å². The van der Waals surface area contributed by atoms with Crippen LogP contribution in [-0.4, -0.2) is 59.5 Å². The maximum Gasteiger partial charge on any atom is 0.234 e. The first-order chi connectivity index (χ1) is 18.3. The largest absolute Gasteiger partial charge is 0.494 e. The number of aromatic nitrogens is 5. The summed E-state index contributed by atoms with van der Waals surface area (Å²) in [6.07, 6.45) is 3.18. The highest BCUT2D eigenvalue weighted by molar-refractivity contribution is 7.92. The molecule has 3 aromatic heterocycles. The third kappa shape index (κ3) is 5.08. The average molecular weight is 539 g/mol. The van der Waals surface area contributed by atoms with Crippen LogP contribution in [0.4, 0.5) is 5.82 Å². The normalized spacial score (nSPS) is 17.2. The number of ether oxygens (including phenoxy) is 3. The fourth-order valence-electron chi connectivity index (χ4n) is 4.82. The number of rotatable bonds is 10. The van der Waals surface area contributed by atoms with Crippen molar-refractivity contribution in [2.24, 2.45) is 11.8 Å². The van der Waals surface area contributed by atoms with Gasteiger partial charge in [0.2, 0.25) is 15.9 Å². The molecule has 1 aliphatic carbocycles. The van der Waals surface area contributed by atoms with Gasteiger partial charge in [-0.2, -0.15) is 0 Å². The molecule has 1 N–H and O–H groups in total. The molecule has 0 radical (unpaired) electrons. The van der Waals surface area contributed by atoms with Crippen molar-refractivity contribution in [2.75, 3.05) is 31.3 Å². The van der Waals surface area contributed by atoms with Crippen molar-refractivity contribution in [1.82, 2.24) is 24.5 Å². The standard InChI is InChI=1S/C26H30N6O5S/c1-5-37-22-11-6-8-18(28-22)25-30-24-26(32(25)23-19(35-3)9-7-10-20(23)36-4)29-21(14-27-24)31-38(33,34)15-17-12-16(2)13-17/h6-11,14,16-17H,5,12-13,15H2,1-4H3,(H,29,31)/t16-,17+. The molecular formula is C26H30N6O5S. The minimum absolute atomic E-state index is 0.0516. The van der Waals surface area contributed by atoms with Crippen molar-refractivity contribution in [2.45, 2.75) is 26.7 Å². The Bertz CT molecular complexity index is 1540. The van der Waals surface area contributed by atoms with Crippen molar-refractivity contribution in [3.8, 4) is 34.6 Å². The number of benzene rings is 1. The predicted octanol–water partition coefficient (Wildman–Crippen LogP) is 4.08. The number of nitrogens with zero attached hydrogens (tertiary/aromatic N) is 5. The van der Waals surface area contributed by atoms with Gasteiger partial charge in [0, 0.05) is 6.07 Å². The van der Waals surface area contributed by atoms with Crippen molar-refractivity contribution in [1.29, 1.82) is 0 Å². The molecule has 4 aromatic rings. The van der Waals surface area contributed by atoms with Crippen LogP contribution in [0.5, 0.6) is 17.4 Å². The molecular weight excluding hydrogens is 508 g/mol. The van der Waals surface area contributed by atoms with Gasteiger partial charge in [0.25, 0.3) is 0 Å². The Balaban J connectivity index is 1.67. The van der Waals surface area contributed by atoms with Crippen molar-refractivity contribution >= 4 is 27.1 Å². The molecule has 0 unspecified atom stereocenters. The number of hydrogen-bond acceptors (Lipinski definition) is 9. The summed E-state index contributed by atoms with van der Waals surface area (Å²) in [6, 6.07) is 10.8. The summed E-state index contributed by atoms with van der Waals surface area (Å²) in [6.45, 7) is 4.46. The first-order valence-corrected chi connectivity index (χ1v) is 14.0. The van der Waals surface area contributed by atoms with Crippen LogP contribution < -0.4 is 18.9 Å². The molecule has 1 aliphatic rings. The number of methoxy groups -OCH3 is 2. The lowest BCUT2D eigenvalue weighted by Crippen LogP contribution is -2.31. The Morgan fingerprint density at radius 2 is 1.74 bits per heavy atom. The molecule has 1 fully saturated rings. The first-order valence-electron chi connectivity index (χ1n) is 12.4. The lowest BCUT2D eigenvalue weighted by Gasteiger charge is -2.32. The molecule has 0 bridgehead atoms. The van der Waals surface area contributed by atoms with Gasteiger partial charge in [-0.1, -0.05) is 19.1 Å². The zero-order chi connectivity index (χ0) is 26.9. The summed E-state index contributed by atoms with van der Waals surface area (Å²) < 4.78 is 47.0. The van der Waals surface area contributed by atoms with Crippen LogP contribution in [0.1, 0.15) is 26.7 Å². The SMILES string of the molecule is CCOc1cccc(-c2nc3ncc(NS(=O)(=O)C[C@H]4C[C@@H](C)C4)nc3n2-c2c(OC)cccc2OC)n1. The summed E-state index contributed by atoms with van der Waals surface area (Å²) >= 11 is 0. The van der Waals surface area contributed by atoms with Crippen LogP contribution in [0.25, 0.3) is 28.5 Å². The second-order valence-corrected chi connectivity index (χ2v) is 11.1. The minimum atomic E-state index is -3.61. The van der Waals surface area contributed by atoms with Gasteiger partial charge < -0.3 is 14.2 Å². The summed E-state index contributed by atoms with van der Waals surface area (Å²) in [4.78, 5) is 18.4. The molecule has 38 heavy (non-hydrogen) atoms. The van der Waals surface area contributed by atoms with Crippen LogP contribution in [0.3, 0.4) is 0 Å². The highest BCUT2D eigenvalue weighted by Gasteiger charge is 2.30. The number of anilines is 1. The van der Waals surface area contributed by atoms with Gasteiger partial charge in [-0.15, -0.1) is 0 Å². The molecule has 0 amide bonds. The van der Waals surface area contributed by atoms with Gasteiger partial charge in [-0.05, 0) is 49.8 Å². The number of fused-ring (bicyclic) bond motifs is 1. The van der Waals surface area contributed by atoms with Crippen molar-refractivity contribution in [3.05, 3.63) is 42.6 Å². The van der Waals surface area contributed by atoms with Gasteiger partial charge in [-0.25, -0.2) is 28.4 Å². The van der Waals surface area contributed by atoms with Crippen LogP contribution >= 0.6 is 0 Å². The zero-order valence-corrected chi connectivity index (χ0v) is 22.5. The molecule has 12 heteroatoms. The Hall–Kier alpha value is -3.93. The van der Waals surface area contributed by atoms with Crippen LogP contribution in [0.2, 0.25) is 0 Å². The van der Waals surface area contributed by atoms with E-state index in [1.54, 1.807) is 49.1 Å². The fraction of sp³-hybridized carbons (Fsp3) is 0.385. The summed E-state index contributed by atoms with van der Waals surface area (Å²) in [5.41, 5.74) is 1.64. The molecule has 1 aromatic carbocycles. The summed E-state index contributed by atoms with van der Waals surface area (Å²) in [7, 11) is -0.501. The van der Waals surface area contributed by atoms with Crippen molar-refractivity contribution in [3.63, 3.8) is 0 Å². The lowest BCUT2D eigenvalue weighted by atomic mass is 9.77. The average Bonchev–Trinajstić information content (AvgIpc) is 3.25. The van der Waals surface area contributed by atoms with Crippen molar-refractivity contribution < 1.29 is 22.6 Å². The van der Waals surface area contributed by atoms with E-state index in [4.69, 9.17) is 19.2 Å². The highest BCUT2D eigenvalue weighted by atomic mass is 32.2. The monoisotopic (exact) mass is 538 g/mol. The van der Waals surface area contributed by atoms with E-state index in [2.05, 4.69) is 26.6 Å². The third-order valence-corrected chi connectivity index (χ3v) is 7.86. The number of imidazole rings is 1. The van der Waals surface area contributed by atoms with E-state index >= 15 is 0 Å². The van der Waals surface area contributed by atoms with Crippen LogP contribution in [0, 0.1) is 11.8 Å².